The number of fused-ring (bicyclic) bond motifs is 3. The Bertz CT molecular complexity index is 1910. The number of benzene rings is 1. The predicted octanol–water partition coefficient (Wildman–Crippen LogP) is -2.23. The molecule has 8 atom stereocenters. The molecule has 3 aliphatic heterocycles. The number of carbonyl (C=O) groups excluding carboxylic acids is 6. The first-order valence-electron chi connectivity index (χ1n) is 20.4. The molecule has 0 saturated carbocycles. The number of hydrogen-bond acceptors (Lipinski definition) is 9. The molecule has 5 rings (SSSR count). The Morgan fingerprint density at radius 3 is 2.02 bits per heavy atom. The zero-order valence-corrected chi connectivity index (χ0v) is 33.7. The van der Waals surface area contributed by atoms with Crippen LogP contribution >= 0.6 is 0 Å². The standard InChI is InChI=1S/C39H59N13O7/c1-3-21(2)30-34(56)48-26(12-7-16-45-39(42)43)32(54)47-25(11-6-15-44-38(40)41)33(55)49-27(19-22-20-46-24-10-5-4-9-23(22)24)36(58)51-17-8-13-28(51)37(59)52-18-14-29(53)31(52)35(57)50-30/h4-5,9-10,20-21,25-31,46,53H,3,6-8,11-19H2,1-2H3,(H,47,54)(H,48,56)(H,49,55)(H,50,57)(H4,40,41,44)(H4,42,43,45)/t21-,25-,26+,27-,28+,29-,30-,31-/m0/s1. The molecule has 0 aliphatic carbocycles. The van der Waals surface area contributed by atoms with Gasteiger partial charge in [0.15, 0.2) is 11.9 Å². The van der Waals surface area contributed by atoms with Gasteiger partial charge in [-0.3, -0.25) is 38.8 Å². The zero-order valence-electron chi connectivity index (χ0n) is 33.7. The van der Waals surface area contributed by atoms with Crippen LogP contribution in [0.25, 0.3) is 10.9 Å². The molecular formula is C39H59N13O7. The predicted molar refractivity (Wildman–Crippen MR) is 220 cm³/mol. The van der Waals surface area contributed by atoms with Crippen molar-refractivity contribution in [1.29, 1.82) is 0 Å². The molecule has 1 aromatic carbocycles. The first kappa shape index (κ1) is 44.2. The van der Waals surface area contributed by atoms with Crippen molar-refractivity contribution in [2.75, 3.05) is 26.2 Å². The van der Waals surface area contributed by atoms with Crippen LogP contribution in [0.4, 0.5) is 0 Å². The summed E-state index contributed by atoms with van der Waals surface area (Å²) in [5.74, 6) is -4.58. The van der Waals surface area contributed by atoms with Gasteiger partial charge in [0.05, 0.1) is 6.10 Å². The number of guanidine groups is 2. The first-order valence-corrected chi connectivity index (χ1v) is 20.4. The van der Waals surface area contributed by atoms with Gasteiger partial charge in [0, 0.05) is 49.7 Å². The summed E-state index contributed by atoms with van der Waals surface area (Å²) in [6, 6.07) is 0.372. The van der Waals surface area contributed by atoms with Crippen molar-refractivity contribution in [3.8, 4) is 0 Å². The number of nitrogens with one attached hydrogen (secondary N) is 5. The molecule has 4 heterocycles. The molecule has 3 saturated heterocycles. The number of para-hydroxylation sites is 1. The molecule has 20 nitrogen and oxygen atoms in total. The average Bonchev–Trinajstić information content (AvgIpc) is 3.96. The van der Waals surface area contributed by atoms with E-state index < -0.39 is 83.7 Å². The Labute approximate surface area is 342 Å². The van der Waals surface area contributed by atoms with Crippen LogP contribution < -0.4 is 44.2 Å². The van der Waals surface area contributed by atoms with E-state index >= 15 is 0 Å². The number of aliphatic hydroxyl groups is 1. The Balaban J connectivity index is 1.57. The van der Waals surface area contributed by atoms with Crippen LogP contribution in [0.5, 0.6) is 0 Å². The highest BCUT2D eigenvalue weighted by atomic mass is 16.3. The third kappa shape index (κ3) is 11.0. The summed E-state index contributed by atoms with van der Waals surface area (Å²) < 4.78 is 0. The van der Waals surface area contributed by atoms with Gasteiger partial charge in [-0.15, -0.1) is 0 Å². The second-order valence-corrected chi connectivity index (χ2v) is 15.5. The summed E-state index contributed by atoms with van der Waals surface area (Å²) in [4.78, 5) is 99.8. The van der Waals surface area contributed by atoms with E-state index in [1.54, 1.807) is 13.1 Å². The van der Waals surface area contributed by atoms with Gasteiger partial charge < -0.3 is 64.1 Å². The second-order valence-electron chi connectivity index (χ2n) is 15.5. The first-order chi connectivity index (χ1) is 28.2. The summed E-state index contributed by atoms with van der Waals surface area (Å²) in [5, 5.41) is 23.1. The van der Waals surface area contributed by atoms with Crippen molar-refractivity contribution in [2.45, 2.75) is 114 Å². The quantitative estimate of drug-likeness (QED) is 0.0621. The highest BCUT2D eigenvalue weighted by Gasteiger charge is 2.48. The van der Waals surface area contributed by atoms with Gasteiger partial charge in [0.2, 0.25) is 35.4 Å². The van der Waals surface area contributed by atoms with Crippen LogP contribution in [0.2, 0.25) is 0 Å². The van der Waals surface area contributed by atoms with E-state index in [9.17, 15) is 33.9 Å². The summed E-state index contributed by atoms with van der Waals surface area (Å²) in [6.45, 7) is 4.11. The third-order valence-electron chi connectivity index (χ3n) is 11.4. The van der Waals surface area contributed by atoms with Crippen molar-refractivity contribution in [2.24, 2.45) is 38.8 Å². The molecule has 59 heavy (non-hydrogen) atoms. The summed E-state index contributed by atoms with van der Waals surface area (Å²) in [7, 11) is 0. The van der Waals surface area contributed by atoms with Gasteiger partial charge >= 0.3 is 0 Å². The van der Waals surface area contributed by atoms with Crippen LogP contribution in [0, 0.1) is 5.92 Å². The zero-order chi connectivity index (χ0) is 42.8. The number of aliphatic imine (C=N–C) groups is 2. The summed E-state index contributed by atoms with van der Waals surface area (Å²) in [6.07, 6.45) is 2.49. The van der Waals surface area contributed by atoms with Crippen LogP contribution in [0.1, 0.15) is 70.8 Å². The lowest BCUT2D eigenvalue weighted by Gasteiger charge is -2.35. The average molecular weight is 822 g/mol. The molecule has 0 bridgehead atoms. The Hall–Kier alpha value is -5.92. The van der Waals surface area contributed by atoms with E-state index in [1.165, 1.54) is 9.80 Å². The van der Waals surface area contributed by atoms with Gasteiger partial charge in [-0.05, 0) is 62.5 Å². The molecule has 3 aliphatic rings. The normalized spacial score (nSPS) is 26.5. The molecule has 3 fully saturated rings. The molecule has 0 unspecified atom stereocenters. The van der Waals surface area contributed by atoms with Gasteiger partial charge in [-0.1, -0.05) is 38.5 Å². The number of nitrogens with zero attached hydrogens (tertiary/aromatic N) is 4. The maximum atomic E-state index is 14.7. The summed E-state index contributed by atoms with van der Waals surface area (Å²) in [5.41, 5.74) is 23.6. The van der Waals surface area contributed by atoms with E-state index in [4.69, 9.17) is 22.9 Å². The third-order valence-corrected chi connectivity index (χ3v) is 11.4. The second kappa shape index (κ2) is 20.2. The van der Waals surface area contributed by atoms with E-state index in [-0.39, 0.29) is 76.6 Å². The fourth-order valence-electron chi connectivity index (χ4n) is 8.03. The number of aromatic amines is 1. The molecule has 322 valence electrons. The lowest BCUT2D eigenvalue weighted by Crippen LogP contribution is -2.62. The van der Waals surface area contributed by atoms with E-state index in [1.807, 2.05) is 31.2 Å². The van der Waals surface area contributed by atoms with Crippen molar-refractivity contribution in [3.63, 3.8) is 0 Å². The number of aliphatic hydroxyl groups excluding tert-OH is 1. The Morgan fingerprint density at radius 1 is 0.780 bits per heavy atom. The number of rotatable bonds is 12. The molecule has 1 aromatic heterocycles. The van der Waals surface area contributed by atoms with E-state index in [2.05, 4.69) is 36.2 Å². The minimum atomic E-state index is -1.33. The number of hydrogen-bond donors (Lipinski definition) is 10. The lowest BCUT2D eigenvalue weighted by atomic mass is 9.96. The van der Waals surface area contributed by atoms with E-state index in [0.29, 0.717) is 19.3 Å². The van der Waals surface area contributed by atoms with Crippen LogP contribution in [-0.2, 0) is 35.2 Å². The maximum absolute atomic E-state index is 14.7. The Morgan fingerprint density at radius 2 is 1.39 bits per heavy atom. The molecular weight excluding hydrogens is 763 g/mol. The smallest absolute Gasteiger partial charge is 0.246 e. The van der Waals surface area contributed by atoms with Gasteiger partial charge in [0.1, 0.15) is 36.3 Å². The minimum Gasteiger partial charge on any atom is -0.390 e. The van der Waals surface area contributed by atoms with Crippen molar-refractivity contribution in [1.82, 2.24) is 36.1 Å². The van der Waals surface area contributed by atoms with Gasteiger partial charge in [0.25, 0.3) is 0 Å². The van der Waals surface area contributed by atoms with Crippen LogP contribution in [0.3, 0.4) is 0 Å². The number of H-pyrrole nitrogens is 1. The Kier molecular flexibility index (Phi) is 15.1. The molecule has 2 aromatic rings. The molecule has 14 N–H and O–H groups in total. The van der Waals surface area contributed by atoms with Crippen molar-refractivity contribution >= 4 is 58.3 Å². The SMILES string of the molecule is CC[C@H](C)[C@@H]1NC(=O)[C@@H]2[C@@H](O)CCN2C(=O)[C@H]2CCCN2C(=O)[C@H](Cc2c[nH]c3ccccc23)NC(=O)[C@H](CCCN=C(N)N)NC(=O)[C@@H](CCCN=C(N)N)NC1=O. The topological polar surface area (TPSA) is 322 Å². The van der Waals surface area contributed by atoms with Gasteiger partial charge in [-0.2, -0.15) is 0 Å². The number of nitrogens with two attached hydrogens (primary N) is 4. The fourth-order valence-corrected chi connectivity index (χ4v) is 8.03. The lowest BCUT2D eigenvalue weighted by molar-refractivity contribution is -0.149. The molecule has 20 heteroatoms. The van der Waals surface area contributed by atoms with Crippen LogP contribution in [-0.4, -0.2) is 136 Å². The van der Waals surface area contributed by atoms with Crippen molar-refractivity contribution < 1.29 is 33.9 Å². The number of aromatic nitrogens is 1. The maximum Gasteiger partial charge on any atom is 0.246 e. The van der Waals surface area contributed by atoms with Crippen LogP contribution in [0.15, 0.2) is 40.4 Å². The molecule has 0 radical (unpaired) electrons. The number of amides is 6. The monoisotopic (exact) mass is 821 g/mol. The minimum absolute atomic E-state index is 0.0363. The van der Waals surface area contributed by atoms with Crippen molar-refractivity contribution in [3.05, 3.63) is 36.0 Å². The molecule has 6 amide bonds. The highest BCUT2D eigenvalue weighted by molar-refractivity contribution is 5.99. The largest absolute Gasteiger partial charge is 0.390 e. The number of carbonyl (C=O) groups is 6. The molecule has 0 spiro atoms. The summed E-state index contributed by atoms with van der Waals surface area (Å²) >= 11 is 0. The highest BCUT2D eigenvalue weighted by Crippen LogP contribution is 2.28. The fraction of sp³-hybridized carbons (Fsp3) is 0.590. The van der Waals surface area contributed by atoms with Gasteiger partial charge in [-0.25, -0.2) is 0 Å². The van der Waals surface area contributed by atoms with E-state index in [0.717, 1.165) is 16.5 Å².